The number of aromatic carboxylic acids is 1. The van der Waals surface area contributed by atoms with Crippen LogP contribution in [0.1, 0.15) is 22.5 Å². The van der Waals surface area contributed by atoms with Crippen molar-refractivity contribution in [2.75, 3.05) is 18.5 Å². The van der Waals surface area contributed by atoms with E-state index in [-0.39, 0.29) is 10.0 Å². The van der Waals surface area contributed by atoms with E-state index in [0.717, 1.165) is 23.8 Å². The number of hydrogen-bond donors (Lipinski definition) is 1. The van der Waals surface area contributed by atoms with Gasteiger partial charge in [-0.1, -0.05) is 22.9 Å². The smallest absolute Gasteiger partial charge is 0.349 e. The molecule has 1 aromatic rings. The lowest BCUT2D eigenvalue weighted by atomic mass is 10.4. The maximum absolute atomic E-state index is 10.8. The lowest BCUT2D eigenvalue weighted by Crippen LogP contribution is -2.19. The van der Waals surface area contributed by atoms with Crippen molar-refractivity contribution < 1.29 is 9.90 Å². The largest absolute Gasteiger partial charge is 0.477 e. The van der Waals surface area contributed by atoms with Crippen LogP contribution in [-0.2, 0) is 0 Å². The highest BCUT2D eigenvalue weighted by atomic mass is 35.5. The molecule has 0 radical (unpaired) electrons. The maximum atomic E-state index is 10.8. The summed E-state index contributed by atoms with van der Waals surface area (Å²) in [5.41, 5.74) is 0. The summed E-state index contributed by atoms with van der Waals surface area (Å²) in [4.78, 5) is 16.9. The Kier molecular flexibility index (Phi) is 2.84. The van der Waals surface area contributed by atoms with Crippen LogP contribution in [0.25, 0.3) is 0 Å². The van der Waals surface area contributed by atoms with Gasteiger partial charge in [-0.15, -0.1) is 0 Å². The molecule has 0 bridgehead atoms. The van der Waals surface area contributed by atoms with E-state index < -0.39 is 5.97 Å². The number of halogens is 1. The number of aromatic nitrogens is 1. The second-order valence-corrected chi connectivity index (χ2v) is 5.08. The number of thiazole rings is 1. The fourth-order valence-corrected chi connectivity index (χ4v) is 2.45. The second kappa shape index (κ2) is 3.98. The predicted octanol–water partition coefficient (Wildman–Crippen LogP) is 2.34. The first-order valence-electron chi connectivity index (χ1n) is 4.68. The van der Waals surface area contributed by atoms with Crippen LogP contribution in [0, 0.1) is 5.92 Å². The summed E-state index contributed by atoms with van der Waals surface area (Å²) < 4.78 is 0. The van der Waals surface area contributed by atoms with Gasteiger partial charge in [0.15, 0.2) is 15.2 Å². The van der Waals surface area contributed by atoms with Crippen LogP contribution < -0.4 is 4.90 Å². The van der Waals surface area contributed by atoms with Gasteiger partial charge < -0.3 is 10.0 Å². The predicted molar refractivity (Wildman–Crippen MR) is 60.1 cm³/mol. The minimum Gasteiger partial charge on any atom is -0.477 e. The van der Waals surface area contributed by atoms with E-state index in [9.17, 15) is 4.79 Å². The average molecular weight is 247 g/mol. The molecule has 6 heteroatoms. The van der Waals surface area contributed by atoms with E-state index in [2.05, 4.69) is 4.98 Å². The summed E-state index contributed by atoms with van der Waals surface area (Å²) in [6, 6.07) is 0. The standard InChI is InChI=1S/C9H11ClN2O2S/c1-12(4-5-2-3-5)9-11-7(10)6(15-9)8(13)14/h5H,2-4H2,1H3,(H,13,14). The molecule has 0 saturated heterocycles. The highest BCUT2D eigenvalue weighted by Crippen LogP contribution is 2.34. The zero-order chi connectivity index (χ0) is 11.0. The van der Waals surface area contributed by atoms with Crippen LogP contribution in [0.4, 0.5) is 5.13 Å². The maximum Gasteiger partial charge on any atom is 0.349 e. The van der Waals surface area contributed by atoms with Crippen LogP contribution >= 0.6 is 22.9 Å². The second-order valence-electron chi connectivity index (χ2n) is 3.75. The Morgan fingerprint density at radius 3 is 2.87 bits per heavy atom. The highest BCUT2D eigenvalue weighted by Gasteiger charge is 2.25. The van der Waals surface area contributed by atoms with E-state index in [1.807, 2.05) is 11.9 Å². The van der Waals surface area contributed by atoms with E-state index in [1.165, 1.54) is 12.8 Å². The Morgan fingerprint density at radius 2 is 2.40 bits per heavy atom. The van der Waals surface area contributed by atoms with Gasteiger partial charge >= 0.3 is 5.97 Å². The Morgan fingerprint density at radius 1 is 1.73 bits per heavy atom. The summed E-state index contributed by atoms with van der Waals surface area (Å²) in [6.07, 6.45) is 2.52. The first-order valence-corrected chi connectivity index (χ1v) is 5.88. The molecule has 0 aliphatic heterocycles. The molecule has 1 aliphatic carbocycles. The van der Waals surface area contributed by atoms with Gasteiger partial charge in [-0.25, -0.2) is 9.78 Å². The monoisotopic (exact) mass is 246 g/mol. The fourth-order valence-electron chi connectivity index (χ4n) is 1.35. The van der Waals surface area contributed by atoms with Crippen molar-refractivity contribution in [3.63, 3.8) is 0 Å². The van der Waals surface area contributed by atoms with Crippen molar-refractivity contribution in [3.8, 4) is 0 Å². The normalized spacial score (nSPS) is 15.3. The van der Waals surface area contributed by atoms with Gasteiger partial charge in [0, 0.05) is 13.6 Å². The zero-order valence-electron chi connectivity index (χ0n) is 8.23. The minimum absolute atomic E-state index is 0.0881. The van der Waals surface area contributed by atoms with Gasteiger partial charge in [0.2, 0.25) is 0 Å². The summed E-state index contributed by atoms with van der Waals surface area (Å²) in [5.74, 6) is -0.269. The van der Waals surface area contributed by atoms with Gasteiger partial charge in [0.25, 0.3) is 0 Å². The van der Waals surface area contributed by atoms with Gasteiger partial charge in [-0.2, -0.15) is 0 Å². The number of hydrogen-bond acceptors (Lipinski definition) is 4. The molecule has 1 aromatic heterocycles. The molecule has 1 N–H and O–H groups in total. The molecule has 1 heterocycles. The molecule has 1 fully saturated rings. The van der Waals surface area contributed by atoms with Crippen molar-refractivity contribution in [2.24, 2.45) is 5.92 Å². The third-order valence-corrected chi connectivity index (χ3v) is 3.87. The van der Waals surface area contributed by atoms with Gasteiger partial charge in [-0.3, -0.25) is 0 Å². The Hall–Kier alpha value is -0.810. The molecule has 0 spiro atoms. The molecule has 4 nitrogen and oxygen atoms in total. The topological polar surface area (TPSA) is 53.4 Å². The molecule has 1 saturated carbocycles. The van der Waals surface area contributed by atoms with Crippen molar-refractivity contribution in [2.45, 2.75) is 12.8 Å². The van der Waals surface area contributed by atoms with Gasteiger partial charge in [0.1, 0.15) is 0 Å². The van der Waals surface area contributed by atoms with Crippen molar-refractivity contribution in [1.29, 1.82) is 0 Å². The molecule has 0 unspecified atom stereocenters. The van der Waals surface area contributed by atoms with Crippen LogP contribution in [0.2, 0.25) is 5.15 Å². The van der Waals surface area contributed by atoms with Gasteiger partial charge in [0.05, 0.1) is 0 Å². The Labute approximate surface area is 96.5 Å². The number of carboxylic acids is 1. The summed E-state index contributed by atoms with van der Waals surface area (Å²) in [7, 11) is 1.92. The molecule has 0 amide bonds. The summed E-state index contributed by atoms with van der Waals surface area (Å²) in [6.45, 7) is 0.933. The molecule has 82 valence electrons. The SMILES string of the molecule is CN(CC1CC1)c1nc(Cl)c(C(=O)O)s1. The first-order chi connectivity index (χ1) is 7.08. The first kappa shape index (κ1) is 10.7. The Bertz CT molecular complexity index is 389. The van der Waals surface area contributed by atoms with E-state index >= 15 is 0 Å². The van der Waals surface area contributed by atoms with Crippen molar-refractivity contribution >= 4 is 34.0 Å². The van der Waals surface area contributed by atoms with Crippen LogP contribution in [0.15, 0.2) is 0 Å². The third-order valence-electron chi connectivity index (χ3n) is 2.32. The number of nitrogens with zero attached hydrogens (tertiary/aromatic N) is 2. The molecule has 0 aromatic carbocycles. The lowest BCUT2D eigenvalue weighted by Gasteiger charge is -2.14. The molecule has 2 rings (SSSR count). The molecule has 0 atom stereocenters. The summed E-state index contributed by atoms with van der Waals surface area (Å²) >= 11 is 6.86. The van der Waals surface area contributed by atoms with E-state index in [4.69, 9.17) is 16.7 Å². The zero-order valence-corrected chi connectivity index (χ0v) is 9.81. The fraction of sp³-hybridized carbons (Fsp3) is 0.556. The number of anilines is 1. The minimum atomic E-state index is -1.01. The third kappa shape index (κ3) is 2.41. The average Bonchev–Trinajstić information content (AvgIpc) is 2.86. The highest BCUT2D eigenvalue weighted by molar-refractivity contribution is 7.18. The molecular formula is C9H11ClN2O2S. The van der Waals surface area contributed by atoms with Crippen LogP contribution in [0.5, 0.6) is 0 Å². The van der Waals surface area contributed by atoms with Crippen molar-refractivity contribution in [1.82, 2.24) is 4.98 Å². The summed E-state index contributed by atoms with van der Waals surface area (Å²) in [5, 5.41) is 9.60. The van der Waals surface area contributed by atoms with Gasteiger partial charge in [-0.05, 0) is 18.8 Å². The van der Waals surface area contributed by atoms with E-state index in [1.54, 1.807) is 0 Å². The molecular weight excluding hydrogens is 236 g/mol. The number of carboxylic acid groups (broad SMARTS) is 1. The lowest BCUT2D eigenvalue weighted by molar-refractivity contribution is 0.0702. The quantitative estimate of drug-likeness (QED) is 0.886. The van der Waals surface area contributed by atoms with Crippen molar-refractivity contribution in [3.05, 3.63) is 10.0 Å². The Balaban J connectivity index is 2.13. The van der Waals surface area contributed by atoms with Crippen LogP contribution in [0.3, 0.4) is 0 Å². The number of carbonyl (C=O) groups is 1. The van der Waals surface area contributed by atoms with Crippen LogP contribution in [-0.4, -0.2) is 29.7 Å². The molecule has 15 heavy (non-hydrogen) atoms. The number of rotatable bonds is 4. The molecule has 1 aliphatic rings. The van der Waals surface area contributed by atoms with E-state index in [0.29, 0.717) is 5.13 Å².